The summed E-state index contributed by atoms with van der Waals surface area (Å²) in [6.07, 6.45) is 3.06. The van der Waals surface area contributed by atoms with Crippen LogP contribution in [0.5, 0.6) is 0 Å². The molecule has 0 aliphatic heterocycles. The van der Waals surface area contributed by atoms with Crippen LogP contribution in [0, 0.1) is 11.7 Å². The summed E-state index contributed by atoms with van der Waals surface area (Å²) >= 11 is 5.36. The Morgan fingerprint density at radius 1 is 1.05 bits per heavy atom. The first kappa shape index (κ1) is 11.7. The summed E-state index contributed by atoms with van der Waals surface area (Å²) in [5, 5.41) is 0. The molecule has 0 saturated carbocycles. The number of rotatable bonds is 1. The molecule has 4 rings (SSSR count). The molecule has 98 valence electrons. The monoisotopic (exact) mass is 278 g/mol. The van der Waals surface area contributed by atoms with Crippen LogP contribution < -0.4 is 0 Å². The van der Waals surface area contributed by atoms with Gasteiger partial charge < -0.3 is 4.98 Å². The molecule has 1 aliphatic carbocycles. The van der Waals surface area contributed by atoms with E-state index in [1.807, 2.05) is 17.7 Å². The Morgan fingerprint density at radius 2 is 1.85 bits per heavy atom. The smallest absolute Gasteiger partial charge is 0.181 e. The number of aromatic amines is 1. The highest BCUT2D eigenvalue weighted by atomic mass is 32.1. The summed E-state index contributed by atoms with van der Waals surface area (Å²) < 4.78 is 2.78. The number of H-pyrrole nitrogens is 1. The molecule has 2 nitrogen and oxygen atoms in total. The molecule has 1 aromatic heterocycles. The highest BCUT2D eigenvalue weighted by Gasteiger charge is 2.18. The molecule has 3 heteroatoms. The Kier molecular flexibility index (Phi) is 2.44. The molecule has 20 heavy (non-hydrogen) atoms. The minimum absolute atomic E-state index is 0.748. The summed E-state index contributed by atoms with van der Waals surface area (Å²) in [6.45, 7) is 2.02. The Labute approximate surface area is 122 Å². The number of aromatic nitrogens is 2. The van der Waals surface area contributed by atoms with Gasteiger partial charge in [-0.2, -0.15) is 0 Å². The van der Waals surface area contributed by atoms with Gasteiger partial charge in [0.15, 0.2) is 4.77 Å². The van der Waals surface area contributed by atoms with Crippen molar-refractivity contribution < 1.29 is 0 Å². The van der Waals surface area contributed by atoms with Crippen molar-refractivity contribution in [2.45, 2.75) is 13.3 Å². The summed E-state index contributed by atoms with van der Waals surface area (Å²) in [5.74, 6) is 0. The first-order valence-electron chi connectivity index (χ1n) is 6.72. The lowest BCUT2D eigenvalue weighted by Crippen LogP contribution is -1.93. The minimum Gasteiger partial charge on any atom is -0.335 e. The Morgan fingerprint density at radius 3 is 2.65 bits per heavy atom. The van der Waals surface area contributed by atoms with E-state index in [4.69, 9.17) is 12.2 Å². The fourth-order valence-corrected chi connectivity index (χ4v) is 3.31. The van der Waals surface area contributed by atoms with Gasteiger partial charge in [-0.25, -0.2) is 0 Å². The second kappa shape index (κ2) is 4.18. The second-order valence-corrected chi connectivity index (χ2v) is 5.67. The van der Waals surface area contributed by atoms with Gasteiger partial charge in [-0.15, -0.1) is 0 Å². The zero-order valence-corrected chi connectivity index (χ0v) is 12.0. The highest BCUT2D eigenvalue weighted by molar-refractivity contribution is 7.71. The molecule has 0 amide bonds. The molecule has 0 bridgehead atoms. The molecule has 0 unspecified atom stereocenters. The lowest BCUT2D eigenvalue weighted by molar-refractivity contribution is 1.03. The number of nitrogens with zero attached hydrogens (tertiary/aromatic N) is 1. The summed E-state index contributed by atoms with van der Waals surface area (Å²) in [6, 6.07) is 15.2. The number of imidazole rings is 1. The van der Waals surface area contributed by atoms with Crippen LogP contribution in [0.25, 0.3) is 16.8 Å². The van der Waals surface area contributed by atoms with Gasteiger partial charge in [0.25, 0.3) is 0 Å². The van der Waals surface area contributed by atoms with Crippen molar-refractivity contribution >= 4 is 12.2 Å². The SMILES string of the molecule is Cc1cn(-c2ccc3c(c2)Cc2ccccc2-3)c(=S)[nH]1. The number of aryl methyl sites for hydroxylation is 1. The van der Waals surface area contributed by atoms with Crippen LogP contribution in [-0.4, -0.2) is 9.55 Å². The summed E-state index contributed by atoms with van der Waals surface area (Å²) in [7, 11) is 0. The maximum atomic E-state index is 5.36. The molecule has 0 radical (unpaired) electrons. The standard InChI is InChI=1S/C17H14N2S/c1-11-10-19(17(20)18-11)14-6-7-16-13(9-14)8-12-4-2-3-5-15(12)16/h2-7,9-10H,8H2,1H3,(H,18,20). The third-order valence-electron chi connectivity index (χ3n) is 3.90. The quantitative estimate of drug-likeness (QED) is 0.511. The molecule has 3 aromatic rings. The number of hydrogen-bond donors (Lipinski definition) is 1. The predicted octanol–water partition coefficient (Wildman–Crippen LogP) is 4.41. The molecular weight excluding hydrogens is 264 g/mol. The first-order chi connectivity index (χ1) is 9.72. The molecule has 0 saturated heterocycles. The molecule has 0 spiro atoms. The van der Waals surface area contributed by atoms with Crippen LogP contribution in [0.2, 0.25) is 0 Å². The van der Waals surface area contributed by atoms with E-state index in [0.29, 0.717) is 0 Å². The van der Waals surface area contributed by atoms with Crippen LogP contribution in [0.1, 0.15) is 16.8 Å². The van der Waals surface area contributed by atoms with Crippen LogP contribution in [0.4, 0.5) is 0 Å². The highest BCUT2D eigenvalue weighted by Crippen LogP contribution is 2.37. The molecule has 1 heterocycles. The van der Waals surface area contributed by atoms with Gasteiger partial charge in [-0.3, -0.25) is 4.57 Å². The average Bonchev–Trinajstić information content (AvgIpc) is 2.97. The number of benzene rings is 2. The second-order valence-electron chi connectivity index (χ2n) is 5.29. The van der Waals surface area contributed by atoms with Gasteiger partial charge >= 0.3 is 0 Å². The van der Waals surface area contributed by atoms with Crippen molar-refractivity contribution in [2.75, 3.05) is 0 Å². The van der Waals surface area contributed by atoms with E-state index in [1.54, 1.807) is 0 Å². The topological polar surface area (TPSA) is 20.7 Å². The van der Waals surface area contributed by atoms with Gasteiger partial charge in [-0.05, 0) is 59.9 Å². The van der Waals surface area contributed by atoms with Gasteiger partial charge in [0.05, 0.1) is 0 Å². The fraction of sp³-hybridized carbons (Fsp3) is 0.118. The molecule has 1 N–H and O–H groups in total. The lowest BCUT2D eigenvalue weighted by Gasteiger charge is -2.06. The van der Waals surface area contributed by atoms with Crippen molar-refractivity contribution in [3.63, 3.8) is 0 Å². The molecule has 0 atom stereocenters. The number of nitrogens with one attached hydrogen (secondary N) is 1. The van der Waals surface area contributed by atoms with E-state index in [-0.39, 0.29) is 0 Å². The third-order valence-corrected chi connectivity index (χ3v) is 4.20. The lowest BCUT2D eigenvalue weighted by atomic mass is 10.1. The zero-order chi connectivity index (χ0) is 13.7. The van der Waals surface area contributed by atoms with Gasteiger partial charge in [0, 0.05) is 17.6 Å². The van der Waals surface area contributed by atoms with Crippen molar-refractivity contribution in [3.8, 4) is 16.8 Å². The largest absolute Gasteiger partial charge is 0.335 e. The van der Waals surface area contributed by atoms with Gasteiger partial charge in [0.1, 0.15) is 0 Å². The van der Waals surface area contributed by atoms with Gasteiger partial charge in [-0.1, -0.05) is 30.3 Å². The van der Waals surface area contributed by atoms with Crippen LogP contribution in [-0.2, 0) is 6.42 Å². The molecule has 0 fully saturated rings. The number of hydrogen-bond acceptors (Lipinski definition) is 1. The van der Waals surface area contributed by atoms with Crippen LogP contribution in [0.3, 0.4) is 0 Å². The van der Waals surface area contributed by atoms with Crippen molar-refractivity contribution in [1.82, 2.24) is 9.55 Å². The minimum atomic E-state index is 0.748. The average molecular weight is 278 g/mol. The maximum absolute atomic E-state index is 5.36. The summed E-state index contributed by atoms with van der Waals surface area (Å²) in [5.41, 5.74) is 7.72. The molecule has 1 aliphatic rings. The first-order valence-corrected chi connectivity index (χ1v) is 7.13. The zero-order valence-electron chi connectivity index (χ0n) is 11.2. The summed E-state index contributed by atoms with van der Waals surface area (Å²) in [4.78, 5) is 3.17. The normalized spacial score (nSPS) is 12.2. The van der Waals surface area contributed by atoms with Crippen molar-refractivity contribution in [1.29, 1.82) is 0 Å². The van der Waals surface area contributed by atoms with Crippen LogP contribution in [0.15, 0.2) is 48.7 Å². The van der Waals surface area contributed by atoms with E-state index < -0.39 is 0 Å². The van der Waals surface area contributed by atoms with Crippen LogP contribution >= 0.6 is 12.2 Å². The van der Waals surface area contributed by atoms with E-state index in [2.05, 4.69) is 47.4 Å². The van der Waals surface area contributed by atoms with Crippen molar-refractivity contribution in [3.05, 3.63) is 70.3 Å². The van der Waals surface area contributed by atoms with E-state index in [0.717, 1.165) is 22.6 Å². The maximum Gasteiger partial charge on any atom is 0.181 e. The van der Waals surface area contributed by atoms with E-state index in [1.165, 1.54) is 22.3 Å². The Hall–Kier alpha value is -2.13. The van der Waals surface area contributed by atoms with E-state index >= 15 is 0 Å². The van der Waals surface area contributed by atoms with E-state index in [9.17, 15) is 0 Å². The third kappa shape index (κ3) is 1.67. The Balaban J connectivity index is 1.87. The molecular formula is C17H14N2S. The molecule has 2 aromatic carbocycles. The van der Waals surface area contributed by atoms with Crippen molar-refractivity contribution in [2.24, 2.45) is 0 Å². The predicted molar refractivity (Wildman–Crippen MR) is 83.9 cm³/mol. The van der Waals surface area contributed by atoms with Gasteiger partial charge in [0.2, 0.25) is 0 Å². The Bertz CT molecular complexity index is 871. The fourth-order valence-electron chi connectivity index (χ4n) is 2.99. The number of fused-ring (bicyclic) bond motifs is 3.